The van der Waals surface area contributed by atoms with Crippen molar-refractivity contribution < 1.29 is 0 Å². The van der Waals surface area contributed by atoms with Crippen LogP contribution >= 0.6 is 0 Å². The van der Waals surface area contributed by atoms with Gasteiger partial charge >= 0.3 is 0 Å². The molecule has 0 radical (unpaired) electrons. The van der Waals surface area contributed by atoms with E-state index in [2.05, 4.69) is 6.92 Å². The minimum Gasteiger partial charge on any atom is -0.102 e. The zero-order chi connectivity index (χ0) is 3.70. The van der Waals surface area contributed by atoms with Crippen molar-refractivity contribution in [1.82, 2.24) is 0 Å². The summed E-state index contributed by atoms with van der Waals surface area (Å²) in [6.07, 6.45) is 1.42. The van der Waals surface area contributed by atoms with Crippen LogP contribution in [-0.4, -0.2) is 14.3 Å². The predicted molar refractivity (Wildman–Crippen MR) is 28.3 cm³/mol. The van der Waals surface area contributed by atoms with Crippen LogP contribution in [0.1, 0.15) is 13.3 Å². The standard InChI is InChI=1S/C3H8B2/c1-2-3-4-5-3/h3-5H,2H2,1H3. The lowest BCUT2D eigenvalue weighted by molar-refractivity contribution is 1.05. The van der Waals surface area contributed by atoms with Crippen molar-refractivity contribution in [1.29, 1.82) is 0 Å². The Labute approximate surface area is 34.4 Å². The van der Waals surface area contributed by atoms with Gasteiger partial charge in [0.2, 0.25) is 0 Å². The van der Waals surface area contributed by atoms with Crippen LogP contribution in [0, 0.1) is 0 Å². The van der Waals surface area contributed by atoms with Crippen LogP contribution < -0.4 is 0 Å². The molecule has 0 amide bonds. The van der Waals surface area contributed by atoms with Gasteiger partial charge in [0.25, 0.3) is 0 Å². The molecule has 2 heteroatoms. The van der Waals surface area contributed by atoms with Crippen LogP contribution in [0.5, 0.6) is 0 Å². The van der Waals surface area contributed by atoms with Gasteiger partial charge in [0.1, 0.15) is 0 Å². The highest BCUT2D eigenvalue weighted by Gasteiger charge is 2.21. The lowest BCUT2D eigenvalue weighted by Crippen LogP contribution is -1.57. The Morgan fingerprint density at radius 1 is 1.60 bits per heavy atom. The maximum absolute atomic E-state index is 2.26. The highest BCUT2D eigenvalue weighted by molar-refractivity contribution is 7.22. The van der Waals surface area contributed by atoms with Gasteiger partial charge in [-0.25, -0.2) is 0 Å². The summed E-state index contributed by atoms with van der Waals surface area (Å²) >= 11 is 0. The first-order chi connectivity index (χ1) is 2.43. The molecule has 0 aromatic heterocycles. The largest absolute Gasteiger partial charge is 0.102 e. The lowest BCUT2D eigenvalue weighted by atomic mass is 9.81. The molecular weight excluding hydrogens is 57.7 g/mol. The molecule has 0 aromatic rings. The third-order valence-electron chi connectivity index (χ3n) is 1.27. The Balaban J connectivity index is 2.00. The van der Waals surface area contributed by atoms with Crippen LogP contribution in [0.15, 0.2) is 0 Å². The first-order valence-electron chi connectivity index (χ1n) is 2.43. The molecule has 1 aliphatic heterocycles. The van der Waals surface area contributed by atoms with Crippen LogP contribution in [0.25, 0.3) is 0 Å². The van der Waals surface area contributed by atoms with Crippen molar-refractivity contribution in [2.24, 2.45) is 0 Å². The lowest BCUT2D eigenvalue weighted by Gasteiger charge is -1.74. The van der Waals surface area contributed by atoms with E-state index in [0.29, 0.717) is 0 Å². The van der Waals surface area contributed by atoms with Crippen molar-refractivity contribution in [2.45, 2.75) is 19.1 Å². The molecule has 0 saturated carbocycles. The smallest absolute Gasteiger partial charge is 0.0801 e. The van der Waals surface area contributed by atoms with Gasteiger partial charge in [0, 0.05) is 0 Å². The Morgan fingerprint density at radius 3 is 2.20 bits per heavy atom. The Morgan fingerprint density at radius 2 is 2.20 bits per heavy atom. The Bertz CT molecular complexity index is 31.9. The molecule has 0 unspecified atom stereocenters. The fourth-order valence-electron chi connectivity index (χ4n) is 0.526. The SMILES string of the molecule is CCC1BB1. The van der Waals surface area contributed by atoms with Crippen molar-refractivity contribution >= 4 is 14.3 Å². The normalized spacial score (nSPS) is 20.2. The maximum atomic E-state index is 2.26. The molecule has 0 N–H and O–H groups in total. The predicted octanol–water partition coefficient (Wildman–Crippen LogP) is -0.0560. The van der Waals surface area contributed by atoms with Gasteiger partial charge in [0.15, 0.2) is 0 Å². The second kappa shape index (κ2) is 1.08. The summed E-state index contributed by atoms with van der Waals surface area (Å²) in [4.78, 5) is 0. The van der Waals surface area contributed by atoms with E-state index in [4.69, 9.17) is 0 Å². The molecule has 0 aliphatic carbocycles. The number of hydrogen-bond donors (Lipinski definition) is 0. The minimum atomic E-state index is 1.13. The second-order valence-corrected chi connectivity index (χ2v) is 1.85. The van der Waals surface area contributed by atoms with Gasteiger partial charge in [-0.1, -0.05) is 13.3 Å². The van der Waals surface area contributed by atoms with Gasteiger partial charge in [-0.05, 0) is 0 Å². The quantitative estimate of drug-likeness (QED) is 0.376. The maximum Gasteiger partial charge on any atom is 0.0801 e. The molecule has 5 heavy (non-hydrogen) atoms. The summed E-state index contributed by atoms with van der Waals surface area (Å²) in [5.41, 5.74) is 1.13. The summed E-state index contributed by atoms with van der Waals surface area (Å²) < 4.78 is 0. The van der Waals surface area contributed by atoms with Gasteiger partial charge in [-0.15, -0.1) is 5.72 Å². The fourth-order valence-corrected chi connectivity index (χ4v) is 0.526. The van der Waals surface area contributed by atoms with E-state index < -0.39 is 0 Å². The second-order valence-electron chi connectivity index (χ2n) is 1.85. The van der Waals surface area contributed by atoms with Crippen LogP contribution in [0.2, 0.25) is 5.72 Å². The molecule has 26 valence electrons. The first-order valence-corrected chi connectivity index (χ1v) is 2.43. The molecule has 1 heterocycles. The molecule has 0 bridgehead atoms. The van der Waals surface area contributed by atoms with E-state index in [1.165, 1.54) is 20.8 Å². The van der Waals surface area contributed by atoms with E-state index in [-0.39, 0.29) is 0 Å². The molecule has 1 saturated heterocycles. The summed E-state index contributed by atoms with van der Waals surface area (Å²) in [6, 6.07) is 0. The molecule has 0 nitrogen and oxygen atoms in total. The van der Waals surface area contributed by atoms with Crippen molar-refractivity contribution in [2.75, 3.05) is 0 Å². The van der Waals surface area contributed by atoms with Crippen molar-refractivity contribution in [3.8, 4) is 0 Å². The number of rotatable bonds is 1. The van der Waals surface area contributed by atoms with E-state index >= 15 is 0 Å². The topological polar surface area (TPSA) is 0 Å². The fraction of sp³-hybridized carbons (Fsp3) is 1.00. The van der Waals surface area contributed by atoms with Crippen molar-refractivity contribution in [3.63, 3.8) is 0 Å². The molecule has 1 rings (SSSR count). The monoisotopic (exact) mass is 66.1 g/mol. The highest BCUT2D eigenvalue weighted by atomic mass is 13.8. The summed E-state index contributed by atoms with van der Waals surface area (Å²) in [5, 5.41) is 0. The summed E-state index contributed by atoms with van der Waals surface area (Å²) in [5.74, 6) is 0. The highest BCUT2D eigenvalue weighted by Crippen LogP contribution is 2.17. The molecule has 0 atom stereocenters. The van der Waals surface area contributed by atoms with Crippen LogP contribution in [0.3, 0.4) is 0 Å². The Hall–Kier alpha value is 0.130. The summed E-state index contributed by atoms with van der Waals surface area (Å²) in [6.45, 7) is 2.26. The van der Waals surface area contributed by atoms with Gasteiger partial charge in [-0.2, -0.15) is 0 Å². The van der Waals surface area contributed by atoms with Gasteiger partial charge in [0.05, 0.1) is 14.3 Å². The zero-order valence-electron chi connectivity index (χ0n) is 3.70. The average molecular weight is 65.7 g/mol. The average Bonchev–Trinajstić information content (AvgIpc) is 2.12. The zero-order valence-corrected chi connectivity index (χ0v) is 3.70. The minimum absolute atomic E-state index is 1.13. The molecule has 0 spiro atoms. The van der Waals surface area contributed by atoms with Gasteiger partial charge in [-0.3, -0.25) is 0 Å². The van der Waals surface area contributed by atoms with E-state index in [1.807, 2.05) is 0 Å². The van der Waals surface area contributed by atoms with E-state index in [1.54, 1.807) is 0 Å². The van der Waals surface area contributed by atoms with E-state index in [0.717, 1.165) is 5.72 Å². The van der Waals surface area contributed by atoms with Gasteiger partial charge < -0.3 is 0 Å². The molecule has 1 aliphatic rings. The summed E-state index contributed by atoms with van der Waals surface area (Å²) in [7, 11) is 3.02. The number of hydrogen-bond acceptors (Lipinski definition) is 0. The third-order valence-corrected chi connectivity index (χ3v) is 1.27. The first kappa shape index (κ1) is 3.32. The molecule has 0 aromatic carbocycles. The van der Waals surface area contributed by atoms with Crippen molar-refractivity contribution in [3.05, 3.63) is 0 Å². The van der Waals surface area contributed by atoms with Crippen LogP contribution in [-0.2, 0) is 0 Å². The Kier molecular flexibility index (Phi) is 0.716. The molecule has 1 fully saturated rings. The van der Waals surface area contributed by atoms with E-state index in [9.17, 15) is 0 Å². The van der Waals surface area contributed by atoms with Crippen LogP contribution in [0.4, 0.5) is 0 Å². The molecular formula is C3H8B2. The third kappa shape index (κ3) is 0.712.